The fourth-order valence-corrected chi connectivity index (χ4v) is 2.87. The Kier molecular flexibility index (Phi) is 8.54. The van der Waals surface area contributed by atoms with Crippen LogP contribution in [0.4, 0.5) is 0 Å². The van der Waals surface area contributed by atoms with Gasteiger partial charge in [0.15, 0.2) is 6.54 Å². The molecule has 0 aromatic rings. The smallest absolute Gasteiger partial charge is 0.231 e. The second-order valence-electron chi connectivity index (χ2n) is 6.05. The number of carbonyl (C=O) groups excluding carboxylic acids is 1. The molecule has 0 aromatic heterocycles. The van der Waals surface area contributed by atoms with Gasteiger partial charge in [0.05, 0.1) is 12.5 Å². The molecule has 0 saturated carbocycles. The van der Waals surface area contributed by atoms with E-state index < -0.39 is 10.6 Å². The van der Waals surface area contributed by atoms with Crippen LogP contribution in [0.3, 0.4) is 0 Å². The first-order chi connectivity index (χ1) is 10.1. The van der Waals surface area contributed by atoms with Crippen LogP contribution in [0.2, 0.25) is 0 Å². The zero-order valence-corrected chi connectivity index (χ0v) is 13.4. The lowest BCUT2D eigenvalue weighted by Crippen LogP contribution is -2.54. The summed E-state index contributed by atoms with van der Waals surface area (Å²) >= 11 is 0. The van der Waals surface area contributed by atoms with Crippen molar-refractivity contribution in [1.29, 1.82) is 0 Å². The van der Waals surface area contributed by atoms with Gasteiger partial charge in [-0.25, -0.2) is 10.2 Å². The maximum Gasteiger partial charge on any atom is 0.231 e. The summed E-state index contributed by atoms with van der Waals surface area (Å²) in [7, 11) is 0. The molecule has 1 atom stereocenters. The maximum absolute atomic E-state index is 10.7. The summed E-state index contributed by atoms with van der Waals surface area (Å²) in [6.07, 6.45) is 11.9. The lowest BCUT2D eigenvalue weighted by molar-refractivity contribution is -1.02. The van der Waals surface area contributed by atoms with Gasteiger partial charge in [0.2, 0.25) is 5.84 Å². The molecule has 1 rings (SSSR count). The number of amidine groups is 1. The molecule has 0 bridgehead atoms. The number of aliphatic carboxylic acids is 1. The highest BCUT2D eigenvalue weighted by molar-refractivity contribution is 5.78. The molecule has 5 heteroatoms. The van der Waals surface area contributed by atoms with Gasteiger partial charge in [-0.3, -0.25) is 0 Å². The average molecular weight is 298 g/mol. The molecule has 0 radical (unpaired) electrons. The molecule has 1 heterocycles. The first-order valence-corrected chi connectivity index (χ1v) is 8.42. The molecular weight excluding hydrogens is 268 g/mol. The van der Waals surface area contributed by atoms with Gasteiger partial charge >= 0.3 is 0 Å². The Hall–Kier alpha value is -0.940. The van der Waals surface area contributed by atoms with Crippen LogP contribution in [0.1, 0.15) is 71.1 Å². The molecule has 21 heavy (non-hydrogen) atoms. The van der Waals surface area contributed by atoms with Crippen LogP contribution < -0.4 is 5.11 Å². The van der Waals surface area contributed by atoms with E-state index in [0.717, 1.165) is 12.8 Å². The number of hydrogen-bond donors (Lipinski definition) is 1. The lowest BCUT2D eigenvalue weighted by atomic mass is 10.1. The number of nitrogens with zero attached hydrogens (tertiary/aromatic N) is 2. The summed E-state index contributed by atoms with van der Waals surface area (Å²) in [5.74, 6) is -0.610. The average Bonchev–Trinajstić information content (AvgIpc) is 2.77. The quantitative estimate of drug-likeness (QED) is 0.444. The molecule has 0 spiro atoms. The Morgan fingerprint density at radius 3 is 2.29 bits per heavy atom. The Morgan fingerprint density at radius 2 is 1.71 bits per heavy atom. The molecule has 5 nitrogen and oxygen atoms in total. The number of carbonyl (C=O) groups is 1. The highest BCUT2D eigenvalue weighted by atomic mass is 16.6. The van der Waals surface area contributed by atoms with Gasteiger partial charge in [0, 0.05) is 6.42 Å². The summed E-state index contributed by atoms with van der Waals surface area (Å²) in [5.41, 5.74) is 0. The fraction of sp³-hybridized carbons (Fsp3) is 0.875. The molecule has 1 aliphatic rings. The van der Waals surface area contributed by atoms with Crippen molar-refractivity contribution in [1.82, 2.24) is 0 Å². The first-order valence-electron chi connectivity index (χ1n) is 8.42. The normalized spacial score (nSPS) is 21.5. The predicted molar refractivity (Wildman–Crippen MR) is 80.9 cm³/mol. The number of rotatable bonds is 12. The Bertz CT molecular complexity index is 344. The molecule has 1 aliphatic heterocycles. The third kappa shape index (κ3) is 7.05. The number of carboxylic acid groups (broad SMARTS) is 1. The molecular formula is C16H30N2O3. The van der Waals surface area contributed by atoms with Crippen molar-refractivity contribution < 1.29 is 19.8 Å². The topological polar surface area (TPSA) is 72.7 Å². The van der Waals surface area contributed by atoms with Gasteiger partial charge in [-0.15, -0.1) is 4.65 Å². The van der Waals surface area contributed by atoms with Crippen molar-refractivity contribution in [2.75, 3.05) is 19.6 Å². The lowest BCUT2D eigenvalue weighted by Gasteiger charge is -2.25. The van der Waals surface area contributed by atoms with Crippen molar-refractivity contribution in [2.24, 2.45) is 4.99 Å². The Balaban J connectivity index is 2.08. The first kappa shape index (κ1) is 18.1. The minimum atomic E-state index is -1.22. The van der Waals surface area contributed by atoms with Crippen LogP contribution in [-0.4, -0.2) is 41.3 Å². The van der Waals surface area contributed by atoms with E-state index in [4.69, 9.17) is 0 Å². The van der Waals surface area contributed by atoms with Crippen LogP contribution in [0.15, 0.2) is 4.99 Å². The molecule has 1 unspecified atom stereocenters. The van der Waals surface area contributed by atoms with E-state index in [1.807, 2.05) is 0 Å². The zero-order valence-electron chi connectivity index (χ0n) is 13.4. The van der Waals surface area contributed by atoms with Crippen molar-refractivity contribution in [3.63, 3.8) is 0 Å². The minimum Gasteiger partial charge on any atom is -0.544 e. The number of hydroxylamine groups is 3. The van der Waals surface area contributed by atoms with E-state index in [1.165, 1.54) is 44.9 Å². The molecule has 0 saturated heterocycles. The standard InChI is InChI=1S/C16H30N2O3/c1-2-3-4-5-6-7-8-9-10-11-15-17-12-13-18(15,21)14-16(19)20/h21H,2-14H2,1H3. The van der Waals surface area contributed by atoms with E-state index in [-0.39, 0.29) is 6.54 Å². The molecule has 0 fully saturated rings. The summed E-state index contributed by atoms with van der Waals surface area (Å²) in [5, 5.41) is 20.9. The maximum atomic E-state index is 10.7. The minimum absolute atomic E-state index is 0.362. The largest absolute Gasteiger partial charge is 0.544 e. The van der Waals surface area contributed by atoms with Crippen molar-refractivity contribution >= 4 is 11.8 Å². The van der Waals surface area contributed by atoms with E-state index in [2.05, 4.69) is 11.9 Å². The predicted octanol–water partition coefficient (Wildman–Crippen LogP) is 2.28. The number of unbranched alkanes of at least 4 members (excludes halogenated alkanes) is 8. The summed E-state index contributed by atoms with van der Waals surface area (Å²) in [4.78, 5) is 14.9. The fourth-order valence-electron chi connectivity index (χ4n) is 2.87. The Morgan fingerprint density at radius 1 is 1.14 bits per heavy atom. The summed E-state index contributed by atoms with van der Waals surface area (Å²) in [6, 6.07) is 0. The van der Waals surface area contributed by atoms with Gasteiger partial charge in [-0.2, -0.15) is 0 Å². The highest BCUT2D eigenvalue weighted by Gasteiger charge is 2.36. The van der Waals surface area contributed by atoms with Crippen molar-refractivity contribution in [3.05, 3.63) is 0 Å². The van der Waals surface area contributed by atoms with Crippen LogP contribution in [0.5, 0.6) is 0 Å². The van der Waals surface area contributed by atoms with E-state index in [1.54, 1.807) is 0 Å². The second kappa shape index (κ2) is 9.90. The van der Waals surface area contributed by atoms with Crippen molar-refractivity contribution in [3.8, 4) is 0 Å². The summed E-state index contributed by atoms with van der Waals surface area (Å²) < 4.78 is -0.542. The van der Waals surface area contributed by atoms with Gasteiger partial charge in [-0.05, 0) is 6.42 Å². The van der Waals surface area contributed by atoms with Gasteiger partial charge in [-0.1, -0.05) is 58.3 Å². The molecule has 0 amide bonds. The SMILES string of the molecule is CCCCCCCCCCCC1=NCC[N+]1(O)CC(=O)[O-]. The van der Waals surface area contributed by atoms with E-state index >= 15 is 0 Å². The van der Waals surface area contributed by atoms with E-state index in [9.17, 15) is 15.1 Å². The molecule has 122 valence electrons. The molecule has 0 aliphatic carbocycles. The molecule has 1 N–H and O–H groups in total. The van der Waals surface area contributed by atoms with Crippen LogP contribution in [-0.2, 0) is 4.79 Å². The van der Waals surface area contributed by atoms with Crippen LogP contribution >= 0.6 is 0 Å². The van der Waals surface area contributed by atoms with Gasteiger partial charge in [0.1, 0.15) is 6.54 Å². The van der Waals surface area contributed by atoms with Crippen LogP contribution in [0, 0.1) is 0 Å². The van der Waals surface area contributed by atoms with Crippen molar-refractivity contribution in [2.45, 2.75) is 71.1 Å². The van der Waals surface area contributed by atoms with E-state index in [0.29, 0.717) is 25.3 Å². The Labute approximate surface area is 128 Å². The third-order valence-corrected chi connectivity index (χ3v) is 4.14. The monoisotopic (exact) mass is 298 g/mol. The number of carboxylic acids is 1. The highest BCUT2D eigenvalue weighted by Crippen LogP contribution is 2.17. The second-order valence-corrected chi connectivity index (χ2v) is 6.05. The van der Waals surface area contributed by atoms with Gasteiger partial charge < -0.3 is 9.90 Å². The van der Waals surface area contributed by atoms with Crippen LogP contribution in [0.25, 0.3) is 0 Å². The summed E-state index contributed by atoms with van der Waals surface area (Å²) in [6.45, 7) is 2.72. The zero-order chi connectivity index (χ0) is 15.6. The van der Waals surface area contributed by atoms with Gasteiger partial charge in [0.25, 0.3) is 0 Å². The number of aliphatic imine (C=N–C) groups is 1. The number of hydrogen-bond acceptors (Lipinski definition) is 4. The molecule has 0 aromatic carbocycles. The number of quaternary nitrogens is 1. The third-order valence-electron chi connectivity index (χ3n) is 4.14.